The fourth-order valence-corrected chi connectivity index (χ4v) is 3.52. The number of hydrogen-bond donors (Lipinski definition) is 4. The Labute approximate surface area is 175 Å². The summed E-state index contributed by atoms with van der Waals surface area (Å²) in [5.41, 5.74) is 3.48. The lowest BCUT2D eigenvalue weighted by Gasteiger charge is -2.39. The summed E-state index contributed by atoms with van der Waals surface area (Å²) in [6.45, 7) is 5.38. The van der Waals surface area contributed by atoms with Gasteiger partial charge in [-0.05, 0) is 38.5 Å². The molecule has 162 valence electrons. The van der Waals surface area contributed by atoms with Gasteiger partial charge in [0.2, 0.25) is 12.2 Å². The van der Waals surface area contributed by atoms with Crippen molar-refractivity contribution in [1.29, 1.82) is 0 Å². The van der Waals surface area contributed by atoms with Gasteiger partial charge < -0.3 is 29.9 Å². The topological polar surface area (TPSA) is 117 Å². The highest BCUT2D eigenvalue weighted by Gasteiger charge is 2.45. The Morgan fingerprint density at radius 3 is 2.40 bits per heavy atom. The van der Waals surface area contributed by atoms with Crippen LogP contribution in [0.2, 0.25) is 0 Å². The Balaban J connectivity index is 1.91. The molecule has 1 aromatic heterocycles. The van der Waals surface area contributed by atoms with Gasteiger partial charge in [0.25, 0.3) is 0 Å². The molecule has 1 aromatic carbocycles. The maximum atomic E-state index is 10.3. The van der Waals surface area contributed by atoms with Crippen molar-refractivity contribution in [3.05, 3.63) is 46.6 Å². The molecule has 0 spiro atoms. The summed E-state index contributed by atoms with van der Waals surface area (Å²) in [5.74, 6) is 2.84. The second-order valence-electron chi connectivity index (χ2n) is 7.74. The summed E-state index contributed by atoms with van der Waals surface area (Å²) < 4.78 is 13.1. The van der Waals surface area contributed by atoms with Crippen molar-refractivity contribution >= 4 is 0 Å². The Bertz CT molecular complexity index is 900. The van der Waals surface area contributed by atoms with Gasteiger partial charge in [-0.2, -0.15) is 0 Å². The molecule has 1 aliphatic heterocycles. The van der Waals surface area contributed by atoms with E-state index in [2.05, 4.69) is 11.0 Å². The third kappa shape index (κ3) is 4.36. The van der Waals surface area contributed by atoms with Crippen molar-refractivity contribution in [3.8, 4) is 18.2 Å². The van der Waals surface area contributed by atoms with Crippen LogP contribution >= 0.6 is 0 Å². The Kier molecular flexibility index (Phi) is 6.81. The van der Waals surface area contributed by atoms with Gasteiger partial charge in [0.15, 0.2) is 0 Å². The number of nitrogens with zero attached hydrogens (tertiary/aromatic N) is 2. The molecular formula is C22H28N2O6. The molecule has 3 rings (SSSR count). The molecule has 1 fully saturated rings. The van der Waals surface area contributed by atoms with E-state index in [0.717, 1.165) is 22.4 Å². The van der Waals surface area contributed by atoms with Crippen LogP contribution < -0.4 is 4.74 Å². The molecule has 0 aliphatic carbocycles. The highest BCUT2D eigenvalue weighted by Crippen LogP contribution is 2.30. The number of hydrogen-bond acceptors (Lipinski definition) is 7. The summed E-state index contributed by atoms with van der Waals surface area (Å²) in [7, 11) is 0. The van der Waals surface area contributed by atoms with E-state index in [1.165, 1.54) is 0 Å². The van der Waals surface area contributed by atoms with Crippen molar-refractivity contribution in [2.45, 2.75) is 63.9 Å². The van der Waals surface area contributed by atoms with Gasteiger partial charge in [-0.15, -0.1) is 11.5 Å². The zero-order chi connectivity index (χ0) is 22.0. The lowest BCUT2D eigenvalue weighted by atomic mass is 9.99. The molecule has 8 nitrogen and oxygen atoms in total. The first-order valence-corrected chi connectivity index (χ1v) is 9.87. The smallest absolute Gasteiger partial charge is 0.239 e. The van der Waals surface area contributed by atoms with Crippen LogP contribution in [-0.4, -0.2) is 67.5 Å². The third-order valence-electron chi connectivity index (χ3n) is 5.30. The SMILES string of the molecule is C#Cc1ccc(Cc2c(O[C@H]3O[C@H](CO)[C@@H](O)[C@H](O)[C@H]3O)nn(C(C)C)c2C)cc1. The fourth-order valence-electron chi connectivity index (χ4n) is 3.52. The molecule has 4 N–H and O–H groups in total. The number of aromatic nitrogens is 2. The second kappa shape index (κ2) is 9.16. The second-order valence-corrected chi connectivity index (χ2v) is 7.74. The maximum Gasteiger partial charge on any atom is 0.239 e. The summed E-state index contributed by atoms with van der Waals surface area (Å²) in [6.07, 6.45) is -0.891. The van der Waals surface area contributed by atoms with Crippen LogP contribution in [0.4, 0.5) is 0 Å². The summed E-state index contributed by atoms with van der Waals surface area (Å²) >= 11 is 0. The molecule has 30 heavy (non-hydrogen) atoms. The van der Waals surface area contributed by atoms with Gasteiger partial charge in [0, 0.05) is 29.3 Å². The molecular weight excluding hydrogens is 388 g/mol. The van der Waals surface area contributed by atoms with E-state index in [1.54, 1.807) is 0 Å². The molecule has 0 saturated carbocycles. The molecule has 0 unspecified atom stereocenters. The van der Waals surface area contributed by atoms with Gasteiger partial charge in [-0.3, -0.25) is 4.68 Å². The zero-order valence-electron chi connectivity index (χ0n) is 17.3. The van der Waals surface area contributed by atoms with Crippen LogP contribution in [0.15, 0.2) is 24.3 Å². The highest BCUT2D eigenvalue weighted by atomic mass is 16.7. The van der Waals surface area contributed by atoms with Crippen molar-refractivity contribution < 1.29 is 29.9 Å². The maximum absolute atomic E-state index is 10.3. The van der Waals surface area contributed by atoms with Crippen LogP contribution in [0.5, 0.6) is 5.88 Å². The van der Waals surface area contributed by atoms with E-state index < -0.39 is 37.3 Å². The van der Waals surface area contributed by atoms with Gasteiger partial charge in [-0.25, -0.2) is 0 Å². The van der Waals surface area contributed by atoms with E-state index in [4.69, 9.17) is 15.9 Å². The number of benzene rings is 1. The van der Waals surface area contributed by atoms with E-state index in [9.17, 15) is 20.4 Å². The predicted molar refractivity (Wildman–Crippen MR) is 109 cm³/mol. The standard InChI is InChI=1S/C22H28N2O6/c1-5-14-6-8-15(9-7-14)10-16-13(4)24(12(2)3)23-21(16)30-22-20(28)19(27)18(26)17(11-25)29-22/h1,6-9,12,17-20,22,25-28H,10-11H2,2-4H3/t17-,18-,19+,20-,22-/m1/s1. The van der Waals surface area contributed by atoms with Crippen molar-refractivity contribution in [1.82, 2.24) is 9.78 Å². The molecule has 0 radical (unpaired) electrons. The molecule has 0 amide bonds. The van der Waals surface area contributed by atoms with Crippen molar-refractivity contribution in [2.24, 2.45) is 0 Å². The predicted octanol–water partition coefficient (Wildman–Crippen LogP) is 0.523. The molecule has 2 heterocycles. The molecule has 1 saturated heterocycles. The van der Waals surface area contributed by atoms with Gasteiger partial charge in [0.1, 0.15) is 24.4 Å². The molecule has 0 bridgehead atoms. The van der Waals surface area contributed by atoms with Gasteiger partial charge >= 0.3 is 0 Å². The fraction of sp³-hybridized carbons (Fsp3) is 0.500. The quantitative estimate of drug-likeness (QED) is 0.507. The van der Waals surface area contributed by atoms with E-state index >= 15 is 0 Å². The van der Waals surface area contributed by atoms with Crippen LogP contribution in [0.3, 0.4) is 0 Å². The first-order valence-electron chi connectivity index (χ1n) is 9.87. The average molecular weight is 416 g/mol. The van der Waals surface area contributed by atoms with E-state index in [1.807, 2.05) is 49.7 Å². The Hall–Kier alpha value is -2.41. The third-order valence-corrected chi connectivity index (χ3v) is 5.30. The van der Waals surface area contributed by atoms with Crippen molar-refractivity contribution in [2.75, 3.05) is 6.61 Å². The zero-order valence-corrected chi connectivity index (χ0v) is 17.3. The number of terminal acetylenes is 1. The number of ether oxygens (including phenoxy) is 2. The largest absolute Gasteiger partial charge is 0.443 e. The number of rotatable bonds is 6. The van der Waals surface area contributed by atoms with E-state index in [-0.39, 0.29) is 11.9 Å². The van der Waals surface area contributed by atoms with Crippen LogP contribution in [-0.2, 0) is 11.2 Å². The molecule has 2 aromatic rings. The first-order chi connectivity index (χ1) is 14.3. The minimum atomic E-state index is -1.52. The highest BCUT2D eigenvalue weighted by molar-refractivity contribution is 5.40. The summed E-state index contributed by atoms with van der Waals surface area (Å²) in [4.78, 5) is 0. The molecule has 1 aliphatic rings. The average Bonchev–Trinajstić information content (AvgIpc) is 3.04. The Morgan fingerprint density at radius 2 is 1.83 bits per heavy atom. The van der Waals surface area contributed by atoms with E-state index in [0.29, 0.717) is 6.42 Å². The van der Waals surface area contributed by atoms with Gasteiger partial charge in [-0.1, -0.05) is 18.1 Å². The lowest BCUT2D eigenvalue weighted by Crippen LogP contribution is -2.60. The minimum absolute atomic E-state index is 0.0692. The summed E-state index contributed by atoms with van der Waals surface area (Å²) in [5, 5.41) is 44.2. The molecule has 8 heteroatoms. The van der Waals surface area contributed by atoms with Gasteiger partial charge in [0.05, 0.1) is 6.61 Å². The lowest BCUT2D eigenvalue weighted by molar-refractivity contribution is -0.278. The van der Waals surface area contributed by atoms with Crippen LogP contribution in [0, 0.1) is 19.3 Å². The number of aliphatic hydroxyl groups excluding tert-OH is 4. The first kappa shape index (κ1) is 22.3. The monoisotopic (exact) mass is 416 g/mol. The Morgan fingerprint density at radius 1 is 1.17 bits per heavy atom. The van der Waals surface area contributed by atoms with Crippen LogP contribution in [0.1, 0.15) is 42.3 Å². The normalized spacial score (nSPS) is 26.6. The minimum Gasteiger partial charge on any atom is -0.443 e. The molecule has 5 atom stereocenters. The van der Waals surface area contributed by atoms with Crippen molar-refractivity contribution in [3.63, 3.8) is 0 Å². The number of aliphatic hydroxyl groups is 4. The summed E-state index contributed by atoms with van der Waals surface area (Å²) in [6, 6.07) is 7.64. The van der Waals surface area contributed by atoms with Crippen LogP contribution in [0.25, 0.3) is 0 Å².